The van der Waals surface area contributed by atoms with E-state index in [2.05, 4.69) is 43.1 Å². The third-order valence-electron chi connectivity index (χ3n) is 3.46. The lowest BCUT2D eigenvalue weighted by Crippen LogP contribution is -2.32. The number of rotatable bonds is 7. The summed E-state index contributed by atoms with van der Waals surface area (Å²) in [4.78, 5) is 4.45. The van der Waals surface area contributed by atoms with Crippen LogP contribution < -0.4 is 11.1 Å². The fraction of sp³-hybridized carbons (Fsp3) is 0.733. The van der Waals surface area contributed by atoms with E-state index in [1.54, 1.807) is 0 Å². The van der Waals surface area contributed by atoms with Crippen molar-refractivity contribution in [3.63, 3.8) is 0 Å². The van der Waals surface area contributed by atoms with Gasteiger partial charge in [-0.3, -0.25) is 4.68 Å². The number of nitrogens with two attached hydrogens (primary N) is 1. The number of nitrogens with one attached hydrogen (secondary N) is 1. The zero-order chi connectivity index (χ0) is 15.1. The molecule has 1 heterocycles. The molecular weight excluding hydrogens is 250 g/mol. The van der Waals surface area contributed by atoms with E-state index in [0.29, 0.717) is 18.4 Å². The Kier molecular flexibility index (Phi) is 6.55. The number of aromatic nitrogens is 2. The van der Waals surface area contributed by atoms with Gasteiger partial charge in [0.2, 0.25) is 0 Å². The average Bonchev–Trinajstić information content (AvgIpc) is 2.71. The van der Waals surface area contributed by atoms with Crippen LogP contribution in [0.1, 0.15) is 51.1 Å². The lowest BCUT2D eigenvalue weighted by Gasteiger charge is -2.08. The van der Waals surface area contributed by atoms with E-state index in [1.165, 1.54) is 11.3 Å². The third kappa shape index (κ3) is 4.54. The lowest BCUT2D eigenvalue weighted by molar-refractivity contribution is 0.576. The van der Waals surface area contributed by atoms with Crippen molar-refractivity contribution < 1.29 is 0 Å². The Balaban J connectivity index is 2.68. The van der Waals surface area contributed by atoms with Gasteiger partial charge in [0.1, 0.15) is 0 Å². The minimum Gasteiger partial charge on any atom is -0.370 e. The second-order valence-corrected chi connectivity index (χ2v) is 5.51. The van der Waals surface area contributed by atoms with Gasteiger partial charge >= 0.3 is 0 Å². The van der Waals surface area contributed by atoms with Crippen LogP contribution in [0, 0.1) is 5.92 Å². The van der Waals surface area contributed by atoms with Gasteiger partial charge in [0, 0.05) is 24.8 Å². The van der Waals surface area contributed by atoms with Gasteiger partial charge in [-0.2, -0.15) is 5.10 Å². The van der Waals surface area contributed by atoms with Crippen LogP contribution in [-0.2, 0) is 26.4 Å². The summed E-state index contributed by atoms with van der Waals surface area (Å²) in [6, 6.07) is 0. The Hall–Kier alpha value is -1.52. The van der Waals surface area contributed by atoms with Crippen molar-refractivity contribution in [2.75, 3.05) is 6.54 Å². The highest BCUT2D eigenvalue weighted by molar-refractivity contribution is 5.77. The van der Waals surface area contributed by atoms with E-state index >= 15 is 0 Å². The Morgan fingerprint density at radius 3 is 2.60 bits per heavy atom. The highest BCUT2D eigenvalue weighted by Crippen LogP contribution is 2.16. The first-order valence-electron chi connectivity index (χ1n) is 7.56. The molecular formula is C15H29N5. The fourth-order valence-electron chi connectivity index (χ4n) is 2.28. The molecule has 1 rings (SSSR count). The van der Waals surface area contributed by atoms with Crippen LogP contribution in [0.15, 0.2) is 4.99 Å². The molecule has 0 aliphatic rings. The Morgan fingerprint density at radius 2 is 2.05 bits per heavy atom. The summed E-state index contributed by atoms with van der Waals surface area (Å²) in [6.07, 6.45) is 3.00. The second kappa shape index (κ2) is 7.92. The summed E-state index contributed by atoms with van der Waals surface area (Å²) in [5.41, 5.74) is 9.52. The summed E-state index contributed by atoms with van der Waals surface area (Å²) < 4.78 is 1.96. The molecule has 0 aromatic carbocycles. The van der Waals surface area contributed by atoms with Gasteiger partial charge in [-0.15, -0.1) is 0 Å². The summed E-state index contributed by atoms with van der Waals surface area (Å²) in [6.45, 7) is 10.2. The maximum absolute atomic E-state index is 5.91. The van der Waals surface area contributed by atoms with E-state index in [1.807, 2.05) is 11.7 Å². The average molecular weight is 279 g/mol. The van der Waals surface area contributed by atoms with Crippen molar-refractivity contribution in [3.05, 3.63) is 17.0 Å². The van der Waals surface area contributed by atoms with E-state index in [4.69, 9.17) is 5.73 Å². The summed E-state index contributed by atoms with van der Waals surface area (Å²) >= 11 is 0. The Labute approximate surface area is 122 Å². The monoisotopic (exact) mass is 279 g/mol. The quantitative estimate of drug-likeness (QED) is 0.592. The first-order chi connectivity index (χ1) is 9.49. The zero-order valence-corrected chi connectivity index (χ0v) is 13.5. The number of hydrogen-bond donors (Lipinski definition) is 2. The minimum atomic E-state index is 0.526. The van der Waals surface area contributed by atoms with Crippen LogP contribution in [0.5, 0.6) is 0 Å². The fourth-order valence-corrected chi connectivity index (χ4v) is 2.28. The highest BCUT2D eigenvalue weighted by atomic mass is 15.3. The van der Waals surface area contributed by atoms with Crippen LogP contribution in [0.2, 0.25) is 0 Å². The van der Waals surface area contributed by atoms with Gasteiger partial charge in [-0.1, -0.05) is 27.7 Å². The summed E-state index contributed by atoms with van der Waals surface area (Å²) in [7, 11) is 2.00. The molecule has 0 atom stereocenters. The Bertz CT molecular complexity index is 445. The van der Waals surface area contributed by atoms with E-state index in [-0.39, 0.29) is 0 Å². The molecule has 1 aromatic rings. The standard InChI is InChI=1S/C15H29N5/c1-6-13-12(14(7-2)20(5)19-13)10-18-15(16)17-9-8-11(3)4/h11H,6-10H2,1-5H3,(H3,16,17,18). The van der Waals surface area contributed by atoms with Gasteiger partial charge in [0.15, 0.2) is 5.96 Å². The predicted octanol–water partition coefficient (Wildman–Crippen LogP) is 2.00. The van der Waals surface area contributed by atoms with Crippen molar-refractivity contribution in [1.82, 2.24) is 15.1 Å². The van der Waals surface area contributed by atoms with Crippen LogP contribution in [0.4, 0.5) is 0 Å². The van der Waals surface area contributed by atoms with Crippen LogP contribution in [-0.4, -0.2) is 22.3 Å². The summed E-state index contributed by atoms with van der Waals surface area (Å²) in [5.74, 6) is 1.20. The van der Waals surface area contributed by atoms with E-state index in [9.17, 15) is 0 Å². The van der Waals surface area contributed by atoms with Gasteiger partial charge in [-0.25, -0.2) is 4.99 Å². The molecule has 0 bridgehead atoms. The molecule has 114 valence electrons. The molecule has 5 nitrogen and oxygen atoms in total. The first kappa shape index (κ1) is 16.5. The molecule has 0 amide bonds. The summed E-state index contributed by atoms with van der Waals surface area (Å²) in [5, 5.41) is 7.72. The molecule has 0 unspecified atom stereocenters. The SMILES string of the molecule is CCc1nn(C)c(CC)c1CN=C(N)NCCC(C)C. The maximum Gasteiger partial charge on any atom is 0.188 e. The van der Waals surface area contributed by atoms with Crippen molar-refractivity contribution in [1.29, 1.82) is 0 Å². The van der Waals surface area contributed by atoms with Crippen molar-refractivity contribution in [2.45, 2.75) is 53.5 Å². The lowest BCUT2D eigenvalue weighted by atomic mass is 10.1. The normalized spacial score (nSPS) is 12.2. The van der Waals surface area contributed by atoms with Crippen LogP contribution >= 0.6 is 0 Å². The molecule has 5 heteroatoms. The minimum absolute atomic E-state index is 0.526. The molecule has 20 heavy (non-hydrogen) atoms. The van der Waals surface area contributed by atoms with E-state index < -0.39 is 0 Å². The topological polar surface area (TPSA) is 68.2 Å². The number of aryl methyl sites for hydroxylation is 2. The number of nitrogens with zero attached hydrogens (tertiary/aromatic N) is 3. The Morgan fingerprint density at radius 1 is 1.35 bits per heavy atom. The first-order valence-corrected chi connectivity index (χ1v) is 7.56. The van der Waals surface area contributed by atoms with Crippen molar-refractivity contribution in [3.8, 4) is 0 Å². The van der Waals surface area contributed by atoms with Crippen molar-refractivity contribution >= 4 is 5.96 Å². The third-order valence-corrected chi connectivity index (χ3v) is 3.46. The maximum atomic E-state index is 5.91. The molecule has 0 saturated carbocycles. The second-order valence-electron chi connectivity index (χ2n) is 5.51. The zero-order valence-electron chi connectivity index (χ0n) is 13.5. The largest absolute Gasteiger partial charge is 0.370 e. The van der Waals surface area contributed by atoms with Crippen molar-refractivity contribution in [2.24, 2.45) is 23.7 Å². The van der Waals surface area contributed by atoms with Crippen LogP contribution in [0.3, 0.4) is 0 Å². The molecule has 0 saturated heterocycles. The number of guanidine groups is 1. The number of aliphatic imine (C=N–C) groups is 1. The van der Waals surface area contributed by atoms with Crippen LogP contribution in [0.25, 0.3) is 0 Å². The molecule has 0 radical (unpaired) electrons. The molecule has 0 aliphatic carbocycles. The molecule has 3 N–H and O–H groups in total. The van der Waals surface area contributed by atoms with Gasteiger partial charge in [-0.05, 0) is 25.2 Å². The number of hydrogen-bond acceptors (Lipinski definition) is 2. The predicted molar refractivity (Wildman–Crippen MR) is 84.7 cm³/mol. The highest BCUT2D eigenvalue weighted by Gasteiger charge is 2.12. The van der Waals surface area contributed by atoms with Gasteiger partial charge < -0.3 is 11.1 Å². The van der Waals surface area contributed by atoms with E-state index in [0.717, 1.165) is 31.5 Å². The molecule has 0 aliphatic heterocycles. The smallest absolute Gasteiger partial charge is 0.188 e. The van der Waals surface area contributed by atoms with Gasteiger partial charge in [0.05, 0.1) is 12.2 Å². The molecule has 0 spiro atoms. The molecule has 0 fully saturated rings. The molecule has 1 aromatic heterocycles. The van der Waals surface area contributed by atoms with Gasteiger partial charge in [0.25, 0.3) is 0 Å².